The summed E-state index contributed by atoms with van der Waals surface area (Å²) in [4.78, 5) is 20.7. The Morgan fingerprint density at radius 2 is 0.589 bits per heavy atom. The fraction of sp³-hybridized carbons (Fsp3) is 0.384. The number of hydroxylamine groups is 5. The number of alkyl halides is 1. The van der Waals surface area contributed by atoms with Gasteiger partial charge in [0.2, 0.25) is 29.1 Å². The number of nitrogens with two attached hydrogens (primary N) is 1. The van der Waals surface area contributed by atoms with E-state index in [0.29, 0.717) is 62.0 Å². The monoisotopic (exact) mass is 2480 g/mol. The number of nitrogens with one attached hydrogen (secondary N) is 14. The molecule has 22 N–H and O–H groups in total. The quantitative estimate of drug-likeness (QED) is 0.0117. The molecule has 0 atom stereocenters. The van der Waals surface area contributed by atoms with Gasteiger partial charge in [0.15, 0.2) is 63.3 Å². The normalized spacial score (nSPS) is 17.1. The van der Waals surface area contributed by atoms with Crippen LogP contribution in [-0.4, -0.2) is 337 Å². The van der Waals surface area contributed by atoms with Gasteiger partial charge in [0.1, 0.15) is 34.7 Å². The molecule has 10 aromatic rings. The highest BCUT2D eigenvalue weighted by molar-refractivity contribution is 9.11. The number of rotatable bonds is 35. The molecular formula is C73H91Br5F6N36O21S5. The first-order valence-electron chi connectivity index (χ1n) is 41.4. The van der Waals surface area contributed by atoms with Crippen LogP contribution in [0.2, 0.25) is 0 Å². The van der Waals surface area contributed by atoms with Crippen LogP contribution in [0, 0.1) is 39.9 Å². The van der Waals surface area contributed by atoms with E-state index < -0.39 is 96.9 Å². The lowest BCUT2D eigenvalue weighted by molar-refractivity contribution is -0.0478. The number of aliphatic imine (C=N–C) groups is 5. The maximum absolute atomic E-state index is 14.6. The van der Waals surface area contributed by atoms with Gasteiger partial charge in [0.25, 0.3) is 51.0 Å². The van der Waals surface area contributed by atoms with Gasteiger partial charge in [0, 0.05) is 132 Å². The molecule has 10 heterocycles. The third-order valence-corrected chi connectivity index (χ3v) is 31.9. The Morgan fingerprint density at radius 3 is 0.836 bits per heavy atom. The molecule has 15 rings (SSSR count). The van der Waals surface area contributed by atoms with Gasteiger partial charge in [0.05, 0.1) is 76.0 Å². The third-order valence-electron chi connectivity index (χ3n) is 21.2. The maximum atomic E-state index is 14.6. The number of hydrogen-bond acceptors (Lipinski definition) is 42. The Labute approximate surface area is 867 Å². The number of benzene rings is 5. The molecule has 5 aliphatic rings. The molecule has 0 bridgehead atoms. The van der Waals surface area contributed by atoms with Crippen molar-refractivity contribution in [1.29, 1.82) is 0 Å². The predicted octanol–water partition coefficient (Wildman–Crippen LogP) is 3.59. The fourth-order valence-corrected chi connectivity index (χ4v) is 21.0. The van der Waals surface area contributed by atoms with E-state index in [0.717, 1.165) is 8.61 Å². The van der Waals surface area contributed by atoms with Crippen molar-refractivity contribution in [3.05, 3.63) is 171 Å². The van der Waals surface area contributed by atoms with Crippen LogP contribution in [0.1, 0.15) is 42.3 Å². The molecule has 146 heavy (non-hydrogen) atoms. The van der Waals surface area contributed by atoms with Gasteiger partial charge in [-0.15, -0.1) is 0 Å². The van der Waals surface area contributed by atoms with Crippen LogP contribution in [-0.2, 0) is 51.0 Å². The van der Waals surface area contributed by atoms with E-state index in [2.05, 4.69) is 211 Å². The average molecular weight is 2480 g/mol. The Bertz CT molecular complexity index is 6410. The number of halogens is 11. The first-order chi connectivity index (χ1) is 68.7. The third kappa shape index (κ3) is 29.2. The number of nitrogens with zero attached hydrogens (tertiary/aromatic N) is 21. The second-order valence-corrected chi connectivity index (χ2v) is 46.7. The molecule has 0 radical (unpaired) electrons. The SMILES string of the molecule is CN(C)S(=O)(=O)N1CC(C)(CNc2nonc2C(=Nc2ccc(F)c(Br)c2)NO)C1.CNS(=O)(=O)N1CC(C)(CNc2nonc2C(=Nc2ccc(F)c(Br)c2)NO)C1.CNS(=O)(=O)N1CC(F)(CNc2nonc2C(=Nc2ccc(F)c(Br)c2)NO)C1.CNS(=O)(=O)N1CC(N)(CNc2nonc2C(=Nc2ccc(F)c(Br)c2)NO)C1.CNS(=O)(=O)N1CC(O)(CNc2nonc2C(=Nc2ccc(F)c(Br)c2)NO)C1. The highest BCUT2D eigenvalue weighted by atomic mass is 79.9. The van der Waals surface area contributed by atoms with Crippen LogP contribution in [0.15, 0.2) is 161 Å². The minimum atomic E-state index is -3.70. The molecular weight excluding hydrogens is 2390 g/mol. The second kappa shape index (κ2) is 48.7. The molecule has 5 fully saturated rings. The highest BCUT2D eigenvalue weighted by Crippen LogP contribution is 2.38. The van der Waals surface area contributed by atoms with Gasteiger partial charge in [-0.1, -0.05) is 13.8 Å². The van der Waals surface area contributed by atoms with Gasteiger partial charge in [-0.25, -0.2) is 93.3 Å². The van der Waals surface area contributed by atoms with E-state index in [1.807, 2.05) is 41.2 Å². The first kappa shape index (κ1) is 115. The number of hydrogen-bond donors (Lipinski definition) is 21. The van der Waals surface area contributed by atoms with E-state index in [1.54, 1.807) is 0 Å². The van der Waals surface area contributed by atoms with E-state index >= 15 is 0 Å². The lowest BCUT2D eigenvalue weighted by atomic mass is 9.84. The van der Waals surface area contributed by atoms with Crippen LogP contribution in [0.3, 0.4) is 0 Å². The molecule has 5 aliphatic heterocycles. The van der Waals surface area contributed by atoms with Crippen LogP contribution >= 0.6 is 79.6 Å². The summed E-state index contributed by atoms with van der Waals surface area (Å²) >= 11 is 15.3. The fourth-order valence-electron chi connectivity index (χ4n) is 13.3. The van der Waals surface area contributed by atoms with Gasteiger partial charge < -0.3 is 37.4 Å². The summed E-state index contributed by atoms with van der Waals surface area (Å²) in [5.74, 6) is -2.31. The second-order valence-electron chi connectivity index (χ2n) is 32.8. The van der Waals surface area contributed by atoms with Crippen molar-refractivity contribution < 1.29 is 123 Å². The van der Waals surface area contributed by atoms with Gasteiger partial charge >= 0.3 is 0 Å². The summed E-state index contributed by atoms with van der Waals surface area (Å²) in [6.07, 6.45) is 0. The van der Waals surface area contributed by atoms with E-state index in [4.69, 9.17) is 19.6 Å². The minimum Gasteiger partial charge on any atom is -0.385 e. The zero-order valence-electron chi connectivity index (χ0n) is 76.7. The van der Waals surface area contributed by atoms with Crippen molar-refractivity contribution in [3.8, 4) is 0 Å². The number of amidine groups is 5. The molecule has 5 aromatic carbocycles. The molecule has 0 aliphatic carbocycles. The first-order valence-corrected chi connectivity index (χ1v) is 52.5. The van der Waals surface area contributed by atoms with Crippen molar-refractivity contribution >= 4 is 217 Å². The smallest absolute Gasteiger partial charge is 0.281 e. The number of aliphatic hydroxyl groups is 1. The topological polar surface area (TPSA) is 762 Å². The van der Waals surface area contributed by atoms with Crippen LogP contribution < -0.4 is 78.6 Å². The summed E-state index contributed by atoms with van der Waals surface area (Å²) < 4.78 is 240. The van der Waals surface area contributed by atoms with Crippen molar-refractivity contribution in [2.24, 2.45) is 41.5 Å². The van der Waals surface area contributed by atoms with E-state index in [-0.39, 0.29) is 185 Å². The average Bonchev–Trinajstić information content (AvgIpc) is 0.875. The van der Waals surface area contributed by atoms with Crippen LogP contribution in [0.4, 0.5) is 83.9 Å². The molecule has 0 unspecified atom stereocenters. The summed E-state index contributed by atoms with van der Waals surface area (Å²) in [5.41, 5.74) is 12.8. The van der Waals surface area contributed by atoms with E-state index in [1.165, 1.54) is 151 Å². The minimum absolute atomic E-state index is 0.00410. The molecule has 57 nitrogen and oxygen atoms in total. The molecule has 73 heteroatoms. The molecule has 0 amide bonds. The lowest BCUT2D eigenvalue weighted by Crippen LogP contribution is -2.72. The van der Waals surface area contributed by atoms with Gasteiger partial charge in [-0.05, 0) is 222 Å². The molecule has 5 saturated heterocycles. The lowest BCUT2D eigenvalue weighted by Gasteiger charge is -2.47. The molecule has 796 valence electrons. The largest absolute Gasteiger partial charge is 0.385 e. The summed E-state index contributed by atoms with van der Waals surface area (Å²) in [6.45, 7) is 5.04. The Kier molecular flexibility index (Phi) is 38.5. The van der Waals surface area contributed by atoms with Crippen molar-refractivity contribution in [3.63, 3.8) is 0 Å². The van der Waals surface area contributed by atoms with Crippen molar-refractivity contribution in [2.75, 3.05) is 167 Å². The number of anilines is 5. The predicted molar refractivity (Wildman–Crippen MR) is 524 cm³/mol. The zero-order valence-corrected chi connectivity index (χ0v) is 88.8. The standard InChI is InChI=1S/C16H21BrFN7O4S.C15H19BrFN7O4S.C14H16BrF2N7O4S.C14H18BrFN8O4S.C14H17BrFN7O5S/c1-16(8-25(9-16)30(27,28)24(2)3)7-19-14-13(22-29-23-14)15(21-26)20-10-4-5-12(18)11(17)6-10;1-15(7-24(8-15)29(26,27)18-2)6-19-13-12(22-28-23-13)14(21-25)20-9-3-4-11(17)10(16)5-9;2*1-18-29(26,27)24-6-14(17,7-24)5-19-12-11(22-28-23-12)13(21-25)20-8-2-3-10(16)9(15)4-8;1-17-29(26,27)23-6-14(24,7-23)5-18-12-11(21-28-22-12)13(20-25)19-8-2-3-10(16)9(15)4-8/h4-6,26H,7-9H2,1-3H3,(H,19,23)(H,20,21);3-5,18,25H,6-8H2,1-2H3,(H,19,23)(H,20,21);2-4,18,25H,5-7H2,1H3,(H,19,23)(H,20,21);2-4,18,25H,5-7,17H2,1H3,(H,19,23)(H,20,21);2-4,17,24-25H,5-7H2,1H3,(H,18,22)(H,19,20). The summed E-state index contributed by atoms with van der Waals surface area (Å²) in [6, 6.07) is 20.0. The van der Waals surface area contributed by atoms with E-state index in [9.17, 15) is 99.6 Å². The highest BCUT2D eigenvalue weighted by Gasteiger charge is 2.51. The number of aromatic nitrogens is 10. The summed E-state index contributed by atoms with van der Waals surface area (Å²) in [7, 11) is -9.58. The number of β-amino-alcohol motifs (C(OH)–C–C–N with tert-alkyl or cyclic N) is 1. The maximum Gasteiger partial charge on any atom is 0.281 e. The Hall–Kier alpha value is -10.8. The molecule has 5 aromatic heterocycles. The Morgan fingerprint density at radius 1 is 0.363 bits per heavy atom. The zero-order chi connectivity index (χ0) is 107. The van der Waals surface area contributed by atoms with Crippen LogP contribution in [0.5, 0.6) is 0 Å². The van der Waals surface area contributed by atoms with Gasteiger partial charge in [-0.2, -0.15) is 67.9 Å². The van der Waals surface area contributed by atoms with Crippen LogP contribution in [0.25, 0.3) is 0 Å². The van der Waals surface area contributed by atoms with Gasteiger partial charge in [-0.3, -0.25) is 53.4 Å². The molecule has 0 spiro atoms. The molecule has 0 saturated carbocycles. The summed E-state index contributed by atoms with van der Waals surface area (Å²) in [5, 5.41) is 109. The Balaban J connectivity index is 0.000000174. The van der Waals surface area contributed by atoms with Crippen molar-refractivity contribution in [1.82, 2.24) is 124 Å². The van der Waals surface area contributed by atoms with Crippen molar-refractivity contribution in [2.45, 2.75) is 30.7 Å².